The third kappa shape index (κ3) is 7.81. The molecule has 238 valence electrons. The number of benzene rings is 1. The van der Waals surface area contributed by atoms with Crippen molar-refractivity contribution in [2.45, 2.75) is 97.2 Å². The number of carbonyl (C=O) groups is 6. The molecular weight excluding hydrogens is 562 g/mol. The SMILES string of the molecule is CC(C)C[C@@H]1NC(=O)[C@@H](C(C)C)CC(=O)[C@@H]2CCCN2C(=O)[C@@H](CC(=O)O)CC(=O)[C@@H](CC2=CCc3ccccc32)NC1=O. The molecule has 5 atom stereocenters. The Kier molecular flexibility index (Phi) is 10.8. The first-order valence-corrected chi connectivity index (χ1v) is 15.8. The fourth-order valence-corrected chi connectivity index (χ4v) is 6.69. The molecule has 2 fully saturated rings. The molecule has 0 aromatic heterocycles. The highest BCUT2D eigenvalue weighted by Gasteiger charge is 2.41. The van der Waals surface area contributed by atoms with E-state index in [-0.39, 0.29) is 37.0 Å². The third-order valence-corrected chi connectivity index (χ3v) is 9.09. The molecule has 3 amide bonds. The van der Waals surface area contributed by atoms with Crippen LogP contribution in [0.3, 0.4) is 0 Å². The third-order valence-electron chi connectivity index (χ3n) is 9.09. The fraction of sp³-hybridized carbons (Fsp3) is 0.588. The van der Waals surface area contributed by atoms with E-state index in [0.717, 1.165) is 16.7 Å². The van der Waals surface area contributed by atoms with Gasteiger partial charge in [0.15, 0.2) is 11.6 Å². The van der Waals surface area contributed by atoms with E-state index in [0.29, 0.717) is 25.7 Å². The minimum absolute atomic E-state index is 0.0375. The Morgan fingerprint density at radius 1 is 0.955 bits per heavy atom. The van der Waals surface area contributed by atoms with E-state index in [9.17, 15) is 33.9 Å². The minimum atomic E-state index is -1.23. The minimum Gasteiger partial charge on any atom is -0.481 e. The summed E-state index contributed by atoms with van der Waals surface area (Å²) in [6.07, 6.45) is 3.10. The van der Waals surface area contributed by atoms with Crippen molar-refractivity contribution in [3.05, 3.63) is 41.5 Å². The molecule has 1 aromatic rings. The number of allylic oxidation sites excluding steroid dienone is 1. The first-order valence-electron chi connectivity index (χ1n) is 15.8. The van der Waals surface area contributed by atoms with Crippen molar-refractivity contribution in [1.82, 2.24) is 15.5 Å². The van der Waals surface area contributed by atoms with Gasteiger partial charge in [-0.1, -0.05) is 58.0 Å². The average molecular weight is 608 g/mol. The van der Waals surface area contributed by atoms with Crippen LogP contribution in [-0.4, -0.2) is 69.9 Å². The molecule has 0 unspecified atom stereocenters. The monoisotopic (exact) mass is 607 g/mol. The second-order valence-corrected chi connectivity index (χ2v) is 13.2. The lowest BCUT2D eigenvalue weighted by molar-refractivity contribution is -0.148. The number of amides is 3. The van der Waals surface area contributed by atoms with Gasteiger partial charge in [0, 0.05) is 31.7 Å². The van der Waals surface area contributed by atoms with Crippen LogP contribution in [0.5, 0.6) is 0 Å². The first-order chi connectivity index (χ1) is 20.8. The molecule has 3 aliphatic rings. The summed E-state index contributed by atoms with van der Waals surface area (Å²) in [7, 11) is 0. The molecule has 3 N–H and O–H groups in total. The normalized spacial score (nSPS) is 27.0. The van der Waals surface area contributed by atoms with Gasteiger partial charge in [-0.3, -0.25) is 28.8 Å². The van der Waals surface area contributed by atoms with Gasteiger partial charge in [0.2, 0.25) is 17.7 Å². The molecule has 10 nitrogen and oxygen atoms in total. The highest BCUT2D eigenvalue weighted by atomic mass is 16.4. The van der Waals surface area contributed by atoms with Crippen LogP contribution in [0.25, 0.3) is 5.57 Å². The van der Waals surface area contributed by atoms with Gasteiger partial charge in [-0.15, -0.1) is 0 Å². The Labute approximate surface area is 259 Å². The summed E-state index contributed by atoms with van der Waals surface area (Å²) in [4.78, 5) is 82.0. The van der Waals surface area contributed by atoms with E-state index in [2.05, 4.69) is 10.6 Å². The highest BCUT2D eigenvalue weighted by molar-refractivity contribution is 5.99. The molecule has 0 bridgehead atoms. The number of hydrogen-bond acceptors (Lipinski definition) is 6. The highest BCUT2D eigenvalue weighted by Crippen LogP contribution is 2.32. The number of Topliss-reactive ketones (excluding diaryl/α,β-unsaturated/α-hetero) is 2. The van der Waals surface area contributed by atoms with Crippen molar-refractivity contribution in [2.75, 3.05) is 6.54 Å². The van der Waals surface area contributed by atoms with Crippen LogP contribution in [0.2, 0.25) is 0 Å². The number of ketones is 2. The zero-order valence-corrected chi connectivity index (χ0v) is 26.1. The molecule has 4 rings (SSSR count). The van der Waals surface area contributed by atoms with Gasteiger partial charge in [-0.2, -0.15) is 0 Å². The smallest absolute Gasteiger partial charge is 0.304 e. The van der Waals surface area contributed by atoms with E-state index in [1.807, 2.05) is 58.0 Å². The summed E-state index contributed by atoms with van der Waals surface area (Å²) in [5.41, 5.74) is 2.97. The van der Waals surface area contributed by atoms with Gasteiger partial charge < -0.3 is 20.6 Å². The number of fused-ring (bicyclic) bond motifs is 2. The second-order valence-electron chi connectivity index (χ2n) is 13.2. The lowest BCUT2D eigenvalue weighted by Gasteiger charge is -2.29. The summed E-state index contributed by atoms with van der Waals surface area (Å²) in [5.74, 6) is -5.54. The second kappa shape index (κ2) is 14.3. The van der Waals surface area contributed by atoms with E-state index < -0.39 is 72.3 Å². The zero-order valence-electron chi connectivity index (χ0n) is 26.1. The van der Waals surface area contributed by atoms with Crippen molar-refractivity contribution in [3.63, 3.8) is 0 Å². The van der Waals surface area contributed by atoms with Crippen molar-refractivity contribution in [3.8, 4) is 0 Å². The number of rotatable bonds is 7. The van der Waals surface area contributed by atoms with Crippen LogP contribution in [0, 0.1) is 23.7 Å². The van der Waals surface area contributed by atoms with E-state index >= 15 is 0 Å². The van der Waals surface area contributed by atoms with Crippen LogP contribution in [0.4, 0.5) is 0 Å². The average Bonchev–Trinajstić information content (AvgIpc) is 3.61. The molecule has 0 saturated carbocycles. The van der Waals surface area contributed by atoms with Gasteiger partial charge in [-0.05, 0) is 54.2 Å². The van der Waals surface area contributed by atoms with Crippen molar-refractivity contribution < 1.29 is 33.9 Å². The zero-order chi connectivity index (χ0) is 32.1. The molecule has 0 radical (unpaired) electrons. The predicted octanol–water partition coefficient (Wildman–Crippen LogP) is 3.32. The number of carboxylic acid groups (broad SMARTS) is 1. The number of carbonyl (C=O) groups excluding carboxylic acids is 5. The first kappa shape index (κ1) is 33.1. The molecule has 44 heavy (non-hydrogen) atoms. The summed E-state index contributed by atoms with van der Waals surface area (Å²) in [6.45, 7) is 7.81. The fourth-order valence-electron chi connectivity index (χ4n) is 6.69. The predicted molar refractivity (Wildman–Crippen MR) is 164 cm³/mol. The molecule has 2 aliphatic heterocycles. The molecule has 1 aromatic carbocycles. The lowest BCUT2D eigenvalue weighted by atomic mass is 9.87. The molecule has 2 heterocycles. The largest absolute Gasteiger partial charge is 0.481 e. The quantitative estimate of drug-likeness (QED) is 0.430. The van der Waals surface area contributed by atoms with Crippen molar-refractivity contribution in [2.24, 2.45) is 23.7 Å². The summed E-state index contributed by atoms with van der Waals surface area (Å²) in [5, 5.41) is 15.4. The van der Waals surface area contributed by atoms with E-state index in [1.165, 1.54) is 4.90 Å². The molecular formula is C34H45N3O7. The Balaban J connectivity index is 1.74. The lowest BCUT2D eigenvalue weighted by Crippen LogP contribution is -2.53. The van der Waals surface area contributed by atoms with Crippen LogP contribution >= 0.6 is 0 Å². The van der Waals surface area contributed by atoms with Crippen molar-refractivity contribution >= 4 is 40.8 Å². The van der Waals surface area contributed by atoms with Crippen LogP contribution in [0.1, 0.15) is 83.8 Å². The van der Waals surface area contributed by atoms with Crippen molar-refractivity contribution in [1.29, 1.82) is 0 Å². The summed E-state index contributed by atoms with van der Waals surface area (Å²) < 4.78 is 0. The Bertz CT molecular complexity index is 1330. The number of carboxylic acids is 1. The van der Waals surface area contributed by atoms with Gasteiger partial charge in [0.05, 0.1) is 24.4 Å². The summed E-state index contributed by atoms with van der Waals surface area (Å²) in [6, 6.07) is 5.04. The molecule has 1 aliphatic carbocycles. The Hall–Kier alpha value is -3.82. The van der Waals surface area contributed by atoms with Crippen LogP contribution in [0.15, 0.2) is 30.3 Å². The van der Waals surface area contributed by atoms with Gasteiger partial charge in [0.1, 0.15) is 6.04 Å². The maximum absolute atomic E-state index is 14.0. The number of hydrogen-bond donors (Lipinski definition) is 3. The Morgan fingerprint density at radius 3 is 2.34 bits per heavy atom. The summed E-state index contributed by atoms with van der Waals surface area (Å²) >= 11 is 0. The maximum Gasteiger partial charge on any atom is 0.304 e. The standard InChI is InChI=1S/C34H45N3O7/c1-19(2)14-27-33(43)35-26(15-22-12-11-21-8-5-6-9-24(21)22)29(38)16-23(17-31(40)41)34(44)37-13-7-10-28(37)30(39)18-25(20(3)4)32(42)36-27/h5-6,8-9,12,19-20,23,25-28H,7,10-11,13-18H2,1-4H3,(H,35,43)(H,36,42)(H,40,41)/t23-,25-,26-,27+,28+/m1/s1. The number of nitrogens with zero attached hydrogens (tertiary/aromatic N) is 1. The van der Waals surface area contributed by atoms with Crippen LogP contribution < -0.4 is 10.6 Å². The molecule has 2 saturated heterocycles. The van der Waals surface area contributed by atoms with Gasteiger partial charge >= 0.3 is 5.97 Å². The molecule has 10 heteroatoms. The molecule has 0 spiro atoms. The topological polar surface area (TPSA) is 150 Å². The van der Waals surface area contributed by atoms with Gasteiger partial charge in [-0.25, -0.2) is 0 Å². The maximum atomic E-state index is 14.0. The van der Waals surface area contributed by atoms with E-state index in [4.69, 9.17) is 0 Å². The number of nitrogens with one attached hydrogen (secondary N) is 2. The Morgan fingerprint density at radius 2 is 1.66 bits per heavy atom. The van der Waals surface area contributed by atoms with Crippen LogP contribution in [-0.2, 0) is 35.2 Å². The number of aliphatic carboxylic acids is 1. The van der Waals surface area contributed by atoms with Gasteiger partial charge in [0.25, 0.3) is 0 Å². The van der Waals surface area contributed by atoms with E-state index in [1.54, 1.807) is 0 Å².